The zero-order valence-electron chi connectivity index (χ0n) is 7.56. The van der Waals surface area contributed by atoms with Crippen molar-refractivity contribution in [3.05, 3.63) is 0 Å². The SMILES string of the molecule is CCN1CCNC(NC)CC1. The summed E-state index contributed by atoms with van der Waals surface area (Å²) >= 11 is 0. The van der Waals surface area contributed by atoms with Crippen molar-refractivity contribution in [3.8, 4) is 0 Å². The second-order valence-corrected chi connectivity index (χ2v) is 3.02. The Hall–Kier alpha value is -0.120. The van der Waals surface area contributed by atoms with Crippen molar-refractivity contribution >= 4 is 0 Å². The van der Waals surface area contributed by atoms with Gasteiger partial charge in [-0.3, -0.25) is 0 Å². The molecule has 0 amide bonds. The van der Waals surface area contributed by atoms with Gasteiger partial charge in [-0.15, -0.1) is 0 Å². The Bertz CT molecular complexity index is 93.5. The predicted molar refractivity (Wildman–Crippen MR) is 47.6 cm³/mol. The molecule has 1 saturated heterocycles. The molecule has 0 aromatic heterocycles. The summed E-state index contributed by atoms with van der Waals surface area (Å²) in [5.41, 5.74) is 0. The molecule has 66 valence electrons. The molecule has 0 spiro atoms. The number of nitrogens with zero attached hydrogens (tertiary/aromatic N) is 1. The number of hydrogen-bond donors (Lipinski definition) is 2. The first-order chi connectivity index (χ1) is 5.36. The van der Waals surface area contributed by atoms with Gasteiger partial charge < -0.3 is 15.5 Å². The molecule has 0 aromatic rings. The van der Waals surface area contributed by atoms with Crippen molar-refractivity contribution in [1.82, 2.24) is 15.5 Å². The van der Waals surface area contributed by atoms with Gasteiger partial charge in [-0.05, 0) is 20.0 Å². The topological polar surface area (TPSA) is 27.3 Å². The van der Waals surface area contributed by atoms with Gasteiger partial charge in [0.05, 0.1) is 6.17 Å². The summed E-state index contributed by atoms with van der Waals surface area (Å²) in [4.78, 5) is 2.48. The van der Waals surface area contributed by atoms with E-state index >= 15 is 0 Å². The minimum absolute atomic E-state index is 0.520. The first-order valence-corrected chi connectivity index (χ1v) is 4.49. The lowest BCUT2D eigenvalue weighted by Gasteiger charge is -2.16. The van der Waals surface area contributed by atoms with E-state index in [0.29, 0.717) is 6.17 Å². The Morgan fingerprint density at radius 1 is 1.55 bits per heavy atom. The van der Waals surface area contributed by atoms with Crippen LogP contribution in [0.25, 0.3) is 0 Å². The van der Waals surface area contributed by atoms with Gasteiger partial charge in [0.15, 0.2) is 0 Å². The zero-order valence-corrected chi connectivity index (χ0v) is 7.56. The normalized spacial score (nSPS) is 28.4. The summed E-state index contributed by atoms with van der Waals surface area (Å²) < 4.78 is 0. The third kappa shape index (κ3) is 2.77. The molecule has 3 heteroatoms. The highest BCUT2D eigenvalue weighted by molar-refractivity contribution is 4.71. The van der Waals surface area contributed by atoms with Gasteiger partial charge in [0.2, 0.25) is 0 Å². The fraction of sp³-hybridized carbons (Fsp3) is 1.00. The third-order valence-electron chi connectivity index (χ3n) is 2.35. The summed E-state index contributed by atoms with van der Waals surface area (Å²) in [5.74, 6) is 0. The van der Waals surface area contributed by atoms with Crippen molar-refractivity contribution in [1.29, 1.82) is 0 Å². The van der Waals surface area contributed by atoms with Crippen molar-refractivity contribution in [3.63, 3.8) is 0 Å². The fourth-order valence-corrected chi connectivity index (χ4v) is 1.49. The van der Waals surface area contributed by atoms with Crippen molar-refractivity contribution in [2.45, 2.75) is 19.5 Å². The molecule has 0 bridgehead atoms. The molecule has 3 nitrogen and oxygen atoms in total. The Morgan fingerprint density at radius 2 is 2.36 bits per heavy atom. The quantitative estimate of drug-likeness (QED) is 0.583. The van der Waals surface area contributed by atoms with Gasteiger partial charge >= 0.3 is 0 Å². The monoisotopic (exact) mass is 157 g/mol. The summed E-state index contributed by atoms with van der Waals surface area (Å²) in [6.45, 7) is 6.92. The first-order valence-electron chi connectivity index (χ1n) is 4.49. The molecule has 1 unspecified atom stereocenters. The summed E-state index contributed by atoms with van der Waals surface area (Å²) in [7, 11) is 2.01. The van der Waals surface area contributed by atoms with Crippen LogP contribution in [0.4, 0.5) is 0 Å². The smallest absolute Gasteiger partial charge is 0.0582 e. The molecule has 1 rings (SSSR count). The van der Waals surface area contributed by atoms with Crippen LogP contribution < -0.4 is 10.6 Å². The second-order valence-electron chi connectivity index (χ2n) is 3.02. The minimum Gasteiger partial charge on any atom is -0.305 e. The van der Waals surface area contributed by atoms with Gasteiger partial charge in [-0.25, -0.2) is 0 Å². The number of likely N-dealkylation sites (N-methyl/N-ethyl adjacent to an activating group) is 1. The van der Waals surface area contributed by atoms with Gasteiger partial charge in [0.25, 0.3) is 0 Å². The van der Waals surface area contributed by atoms with Crippen LogP contribution in [-0.2, 0) is 0 Å². The van der Waals surface area contributed by atoms with E-state index in [-0.39, 0.29) is 0 Å². The molecule has 1 aliphatic rings. The molecule has 1 fully saturated rings. The lowest BCUT2D eigenvalue weighted by molar-refractivity contribution is 0.304. The second kappa shape index (κ2) is 4.70. The standard InChI is InChI=1S/C8H19N3/c1-3-11-6-4-8(9-2)10-5-7-11/h8-10H,3-7H2,1-2H3. The molecule has 0 radical (unpaired) electrons. The minimum atomic E-state index is 0.520. The van der Waals surface area contributed by atoms with Crippen molar-refractivity contribution in [2.75, 3.05) is 33.2 Å². The molecular weight excluding hydrogens is 138 g/mol. The van der Waals surface area contributed by atoms with Crippen LogP contribution in [0, 0.1) is 0 Å². The number of hydrogen-bond acceptors (Lipinski definition) is 3. The van der Waals surface area contributed by atoms with E-state index in [1.165, 1.54) is 26.1 Å². The van der Waals surface area contributed by atoms with Crippen LogP contribution in [0.3, 0.4) is 0 Å². The maximum absolute atomic E-state index is 3.44. The molecule has 2 N–H and O–H groups in total. The van der Waals surface area contributed by atoms with Crippen LogP contribution >= 0.6 is 0 Å². The fourth-order valence-electron chi connectivity index (χ4n) is 1.49. The Kier molecular flexibility index (Phi) is 3.83. The lowest BCUT2D eigenvalue weighted by Crippen LogP contribution is -2.40. The molecule has 1 heterocycles. The Morgan fingerprint density at radius 3 is 3.00 bits per heavy atom. The highest BCUT2D eigenvalue weighted by atomic mass is 15.2. The van der Waals surface area contributed by atoms with Crippen LogP contribution in [-0.4, -0.2) is 44.3 Å². The van der Waals surface area contributed by atoms with Gasteiger partial charge in [0, 0.05) is 19.6 Å². The zero-order chi connectivity index (χ0) is 8.10. The Balaban J connectivity index is 2.27. The molecule has 11 heavy (non-hydrogen) atoms. The summed E-state index contributed by atoms with van der Waals surface area (Å²) in [5, 5.41) is 6.69. The van der Waals surface area contributed by atoms with Gasteiger partial charge in [-0.1, -0.05) is 6.92 Å². The van der Waals surface area contributed by atoms with E-state index < -0.39 is 0 Å². The van der Waals surface area contributed by atoms with Crippen LogP contribution in [0.1, 0.15) is 13.3 Å². The summed E-state index contributed by atoms with van der Waals surface area (Å²) in [6, 6.07) is 0. The van der Waals surface area contributed by atoms with Crippen LogP contribution in [0.5, 0.6) is 0 Å². The highest BCUT2D eigenvalue weighted by Crippen LogP contribution is 1.97. The van der Waals surface area contributed by atoms with E-state index in [4.69, 9.17) is 0 Å². The maximum atomic E-state index is 3.44. The van der Waals surface area contributed by atoms with Crippen LogP contribution in [0.15, 0.2) is 0 Å². The van der Waals surface area contributed by atoms with E-state index in [9.17, 15) is 0 Å². The molecule has 1 atom stereocenters. The lowest BCUT2D eigenvalue weighted by atomic mass is 10.3. The molecule has 0 aliphatic carbocycles. The number of rotatable bonds is 2. The van der Waals surface area contributed by atoms with E-state index in [1.807, 2.05) is 7.05 Å². The molecule has 1 aliphatic heterocycles. The average Bonchev–Trinajstić information content (AvgIpc) is 2.28. The Labute approximate surface area is 69.1 Å². The van der Waals surface area contributed by atoms with Gasteiger partial charge in [-0.2, -0.15) is 0 Å². The molecular formula is C8H19N3. The van der Waals surface area contributed by atoms with Crippen molar-refractivity contribution in [2.24, 2.45) is 0 Å². The maximum Gasteiger partial charge on any atom is 0.0582 e. The van der Waals surface area contributed by atoms with Crippen molar-refractivity contribution < 1.29 is 0 Å². The van der Waals surface area contributed by atoms with Gasteiger partial charge in [0.1, 0.15) is 0 Å². The summed E-state index contributed by atoms with van der Waals surface area (Å²) in [6.07, 6.45) is 1.73. The molecule has 0 saturated carbocycles. The van der Waals surface area contributed by atoms with E-state index in [1.54, 1.807) is 0 Å². The average molecular weight is 157 g/mol. The predicted octanol–water partition coefficient (Wildman–Crippen LogP) is -0.153. The van der Waals surface area contributed by atoms with Crippen LogP contribution in [0.2, 0.25) is 0 Å². The largest absolute Gasteiger partial charge is 0.305 e. The highest BCUT2D eigenvalue weighted by Gasteiger charge is 2.12. The molecule has 0 aromatic carbocycles. The van der Waals surface area contributed by atoms with E-state index in [0.717, 1.165) is 6.54 Å². The first kappa shape index (κ1) is 8.97. The number of nitrogens with one attached hydrogen (secondary N) is 2. The van der Waals surface area contributed by atoms with E-state index in [2.05, 4.69) is 22.5 Å². The third-order valence-corrected chi connectivity index (χ3v) is 2.35.